The van der Waals surface area contributed by atoms with E-state index in [0.29, 0.717) is 6.04 Å². The monoisotopic (exact) mass is 330 g/mol. The van der Waals surface area contributed by atoms with Gasteiger partial charge < -0.3 is 0 Å². The van der Waals surface area contributed by atoms with Crippen LogP contribution in [0.1, 0.15) is 40.6 Å². The third-order valence-electron chi connectivity index (χ3n) is 5.04. The molecule has 4 rings (SSSR count). The van der Waals surface area contributed by atoms with E-state index in [-0.39, 0.29) is 5.82 Å². The molecule has 0 spiro atoms. The van der Waals surface area contributed by atoms with Gasteiger partial charge in [0.15, 0.2) is 0 Å². The van der Waals surface area contributed by atoms with Gasteiger partial charge in [-0.15, -0.1) is 11.3 Å². The minimum absolute atomic E-state index is 0.149. The van der Waals surface area contributed by atoms with E-state index in [2.05, 4.69) is 21.9 Å². The van der Waals surface area contributed by atoms with Crippen LogP contribution in [-0.4, -0.2) is 29.4 Å². The molecule has 1 unspecified atom stereocenters. The number of hydrogen-bond donors (Lipinski definition) is 0. The zero-order chi connectivity index (χ0) is 15.6. The second kappa shape index (κ2) is 6.71. The molecule has 1 aromatic heterocycles. The van der Waals surface area contributed by atoms with E-state index in [9.17, 15) is 4.39 Å². The van der Waals surface area contributed by atoms with Gasteiger partial charge in [0, 0.05) is 35.4 Å². The Morgan fingerprint density at radius 3 is 2.26 bits per heavy atom. The van der Waals surface area contributed by atoms with Crippen LogP contribution in [0.5, 0.6) is 0 Å². The first-order chi connectivity index (χ1) is 11.3. The van der Waals surface area contributed by atoms with E-state index in [4.69, 9.17) is 0 Å². The molecule has 2 aliphatic rings. The average molecular weight is 330 g/mol. The topological polar surface area (TPSA) is 6.48 Å². The van der Waals surface area contributed by atoms with Crippen molar-refractivity contribution < 1.29 is 4.39 Å². The van der Waals surface area contributed by atoms with Crippen molar-refractivity contribution in [3.63, 3.8) is 0 Å². The maximum atomic E-state index is 13.1. The van der Waals surface area contributed by atoms with Gasteiger partial charge in [0.1, 0.15) is 5.82 Å². The summed E-state index contributed by atoms with van der Waals surface area (Å²) in [7, 11) is 0. The van der Waals surface area contributed by atoms with Crippen LogP contribution >= 0.6 is 11.3 Å². The second-order valence-corrected chi connectivity index (χ2v) is 7.93. The van der Waals surface area contributed by atoms with E-state index < -0.39 is 0 Å². The predicted octanol–water partition coefficient (Wildman–Crippen LogP) is 4.43. The van der Waals surface area contributed by atoms with Crippen LogP contribution in [0, 0.1) is 5.82 Å². The van der Waals surface area contributed by atoms with Crippen LogP contribution in [0.3, 0.4) is 0 Å². The molecule has 1 aromatic carbocycles. The van der Waals surface area contributed by atoms with Gasteiger partial charge in [-0.1, -0.05) is 12.1 Å². The fraction of sp³-hybridized carbons (Fsp3) is 0.474. The third-order valence-corrected chi connectivity index (χ3v) is 6.09. The number of nitrogens with zero attached hydrogens (tertiary/aromatic N) is 2. The van der Waals surface area contributed by atoms with Crippen LogP contribution in [0.4, 0.5) is 4.39 Å². The van der Waals surface area contributed by atoms with E-state index in [1.54, 1.807) is 12.1 Å². The van der Waals surface area contributed by atoms with Crippen LogP contribution in [0.2, 0.25) is 0 Å². The van der Waals surface area contributed by atoms with Crippen molar-refractivity contribution in [1.29, 1.82) is 0 Å². The Balaban J connectivity index is 1.36. The van der Waals surface area contributed by atoms with Gasteiger partial charge in [-0.05, 0) is 62.2 Å². The average Bonchev–Trinajstić information content (AvgIpc) is 3.18. The Bertz CT molecular complexity index is 646. The number of rotatable bonds is 5. The van der Waals surface area contributed by atoms with E-state index in [1.807, 2.05) is 23.5 Å². The highest BCUT2D eigenvalue weighted by Gasteiger charge is 2.29. The molecular formula is C19H23FN2S. The zero-order valence-electron chi connectivity index (χ0n) is 13.4. The largest absolute Gasteiger partial charge is 0.298 e. The van der Waals surface area contributed by atoms with Crippen LogP contribution in [0.15, 0.2) is 36.4 Å². The molecule has 3 heterocycles. The number of benzene rings is 1. The van der Waals surface area contributed by atoms with E-state index >= 15 is 0 Å². The number of hydrogen-bond acceptors (Lipinski definition) is 3. The van der Waals surface area contributed by atoms with Gasteiger partial charge in [0.2, 0.25) is 0 Å². The zero-order valence-corrected chi connectivity index (χ0v) is 14.2. The lowest BCUT2D eigenvalue weighted by molar-refractivity contribution is 0.0831. The number of thiophene rings is 1. The highest BCUT2D eigenvalue weighted by molar-refractivity contribution is 7.11. The molecule has 4 heteroatoms. The summed E-state index contributed by atoms with van der Waals surface area (Å²) in [4.78, 5) is 7.99. The number of likely N-dealkylation sites (tertiary alicyclic amines) is 2. The highest BCUT2D eigenvalue weighted by atomic mass is 32.1. The van der Waals surface area contributed by atoms with E-state index in [1.165, 1.54) is 47.7 Å². The maximum Gasteiger partial charge on any atom is 0.123 e. The van der Waals surface area contributed by atoms with Crippen molar-refractivity contribution in [2.24, 2.45) is 0 Å². The molecule has 2 nitrogen and oxygen atoms in total. The van der Waals surface area contributed by atoms with Crippen molar-refractivity contribution in [2.75, 3.05) is 19.6 Å². The Hall–Kier alpha value is -1.23. The highest BCUT2D eigenvalue weighted by Crippen LogP contribution is 2.35. The summed E-state index contributed by atoms with van der Waals surface area (Å²) < 4.78 is 13.1. The molecular weight excluding hydrogens is 307 g/mol. The van der Waals surface area contributed by atoms with Crippen molar-refractivity contribution in [1.82, 2.24) is 9.80 Å². The molecule has 2 fully saturated rings. The summed E-state index contributed by atoms with van der Waals surface area (Å²) >= 11 is 1.95. The van der Waals surface area contributed by atoms with Crippen LogP contribution < -0.4 is 0 Å². The first-order valence-corrected chi connectivity index (χ1v) is 9.39. The van der Waals surface area contributed by atoms with Gasteiger partial charge in [-0.25, -0.2) is 4.39 Å². The van der Waals surface area contributed by atoms with Gasteiger partial charge in [0.25, 0.3) is 0 Å². The summed E-state index contributed by atoms with van der Waals surface area (Å²) in [6, 6.07) is 12.1. The quantitative estimate of drug-likeness (QED) is 0.800. The van der Waals surface area contributed by atoms with Crippen molar-refractivity contribution >= 4 is 11.3 Å². The third kappa shape index (κ3) is 3.49. The Labute approximate surface area is 141 Å². The second-order valence-electron chi connectivity index (χ2n) is 6.68. The molecule has 0 N–H and O–H groups in total. The van der Waals surface area contributed by atoms with Gasteiger partial charge in [-0.3, -0.25) is 9.80 Å². The molecule has 2 aliphatic heterocycles. The molecule has 0 bridgehead atoms. The van der Waals surface area contributed by atoms with E-state index in [0.717, 1.165) is 19.6 Å². The smallest absolute Gasteiger partial charge is 0.123 e. The first kappa shape index (κ1) is 15.3. The van der Waals surface area contributed by atoms with Crippen LogP contribution in [0.25, 0.3) is 0 Å². The van der Waals surface area contributed by atoms with Crippen LogP contribution in [-0.2, 0) is 13.1 Å². The Kier molecular flexibility index (Phi) is 4.47. The summed E-state index contributed by atoms with van der Waals surface area (Å²) in [6.07, 6.45) is 3.88. The maximum absolute atomic E-state index is 13.1. The lowest BCUT2D eigenvalue weighted by atomic mass is 9.95. The minimum Gasteiger partial charge on any atom is -0.298 e. The molecule has 0 saturated carbocycles. The molecule has 0 amide bonds. The van der Waals surface area contributed by atoms with Crippen molar-refractivity contribution in [3.05, 3.63) is 57.5 Å². The molecule has 2 saturated heterocycles. The van der Waals surface area contributed by atoms with Crippen molar-refractivity contribution in [3.8, 4) is 0 Å². The molecule has 122 valence electrons. The summed E-state index contributed by atoms with van der Waals surface area (Å²) in [5, 5.41) is 0. The molecule has 0 aliphatic carbocycles. The van der Waals surface area contributed by atoms with Gasteiger partial charge >= 0.3 is 0 Å². The SMILES string of the molecule is Fc1ccc(C2CCN2Cc2ccc(CN3CCCC3)s2)cc1. The normalized spacial score (nSPS) is 22.4. The number of halogens is 1. The lowest BCUT2D eigenvalue weighted by Crippen LogP contribution is -2.39. The summed E-state index contributed by atoms with van der Waals surface area (Å²) in [6.45, 7) is 5.79. The fourth-order valence-electron chi connectivity index (χ4n) is 3.65. The molecule has 0 radical (unpaired) electrons. The standard InChI is InChI=1S/C19H23FN2S/c20-16-5-3-15(4-6-16)19-9-12-22(19)14-18-8-7-17(23-18)13-21-10-1-2-11-21/h3-8,19H,1-2,9-14H2. The fourth-order valence-corrected chi connectivity index (χ4v) is 4.73. The predicted molar refractivity (Wildman–Crippen MR) is 93.0 cm³/mol. The minimum atomic E-state index is -0.149. The van der Waals surface area contributed by atoms with Crippen molar-refractivity contribution in [2.45, 2.75) is 38.4 Å². The summed E-state index contributed by atoms with van der Waals surface area (Å²) in [5.41, 5.74) is 1.24. The van der Waals surface area contributed by atoms with Gasteiger partial charge in [-0.2, -0.15) is 0 Å². The molecule has 23 heavy (non-hydrogen) atoms. The van der Waals surface area contributed by atoms with Gasteiger partial charge in [0.05, 0.1) is 0 Å². The lowest BCUT2D eigenvalue weighted by Gasteiger charge is -2.41. The molecule has 2 aromatic rings. The Morgan fingerprint density at radius 2 is 1.61 bits per heavy atom. The Morgan fingerprint density at radius 1 is 0.913 bits per heavy atom. The molecule has 1 atom stereocenters. The summed E-state index contributed by atoms with van der Waals surface area (Å²) in [5.74, 6) is -0.149. The first-order valence-electron chi connectivity index (χ1n) is 8.57.